The number of halogens is 1. The van der Waals surface area contributed by atoms with E-state index in [4.69, 9.17) is 0 Å². The molecule has 110 valence electrons. The smallest absolute Gasteiger partial charge is 0.123 e. The molecule has 1 N–H and O–H groups in total. The summed E-state index contributed by atoms with van der Waals surface area (Å²) in [6.07, 6.45) is 4.75. The molecule has 0 amide bonds. The SMILES string of the molecule is Fc1ccc(CCNCC2CCCc3ccccc32)cc1. The zero-order valence-corrected chi connectivity index (χ0v) is 12.3. The standard InChI is InChI=1S/C19H22FN/c20-18-10-8-15(9-11-18)12-13-21-14-17-6-3-5-16-4-1-2-7-19(16)17/h1-2,4,7-11,17,21H,3,5-6,12-14H2. The quantitative estimate of drug-likeness (QED) is 0.815. The van der Waals surface area contributed by atoms with E-state index in [1.807, 2.05) is 12.1 Å². The Hall–Kier alpha value is -1.67. The van der Waals surface area contributed by atoms with Gasteiger partial charge in [-0.2, -0.15) is 0 Å². The van der Waals surface area contributed by atoms with Crippen LogP contribution in [0.15, 0.2) is 48.5 Å². The first-order valence-corrected chi connectivity index (χ1v) is 7.86. The summed E-state index contributed by atoms with van der Waals surface area (Å²) < 4.78 is 12.8. The second-order valence-corrected chi connectivity index (χ2v) is 5.87. The molecular formula is C19H22FN. The molecule has 3 rings (SSSR count). The number of nitrogens with one attached hydrogen (secondary N) is 1. The van der Waals surface area contributed by atoms with Gasteiger partial charge in [-0.15, -0.1) is 0 Å². The molecule has 0 fully saturated rings. The molecule has 2 aromatic carbocycles. The summed E-state index contributed by atoms with van der Waals surface area (Å²) in [5, 5.41) is 3.57. The molecule has 0 spiro atoms. The third-order valence-electron chi connectivity index (χ3n) is 4.39. The Morgan fingerprint density at radius 3 is 2.71 bits per heavy atom. The van der Waals surface area contributed by atoms with E-state index in [-0.39, 0.29) is 5.82 Å². The molecule has 1 atom stereocenters. The van der Waals surface area contributed by atoms with E-state index in [0.29, 0.717) is 5.92 Å². The van der Waals surface area contributed by atoms with Crippen molar-refractivity contribution in [3.63, 3.8) is 0 Å². The monoisotopic (exact) mass is 283 g/mol. The Balaban J connectivity index is 1.49. The molecule has 1 aliphatic carbocycles. The second-order valence-electron chi connectivity index (χ2n) is 5.87. The first kappa shape index (κ1) is 14.3. The van der Waals surface area contributed by atoms with Gasteiger partial charge < -0.3 is 5.32 Å². The molecule has 2 aromatic rings. The van der Waals surface area contributed by atoms with Crippen LogP contribution in [0.25, 0.3) is 0 Å². The van der Waals surface area contributed by atoms with Gasteiger partial charge in [0.2, 0.25) is 0 Å². The number of aryl methyl sites for hydroxylation is 1. The predicted molar refractivity (Wildman–Crippen MR) is 85.1 cm³/mol. The summed E-state index contributed by atoms with van der Waals surface area (Å²) in [5.41, 5.74) is 4.24. The van der Waals surface area contributed by atoms with Crippen LogP contribution in [0.3, 0.4) is 0 Å². The van der Waals surface area contributed by atoms with E-state index in [1.54, 1.807) is 0 Å². The van der Waals surface area contributed by atoms with Crippen LogP contribution in [-0.4, -0.2) is 13.1 Å². The number of hydrogen-bond acceptors (Lipinski definition) is 1. The van der Waals surface area contributed by atoms with Crippen molar-refractivity contribution in [2.24, 2.45) is 0 Å². The van der Waals surface area contributed by atoms with E-state index < -0.39 is 0 Å². The molecule has 0 radical (unpaired) electrons. The topological polar surface area (TPSA) is 12.0 Å². The average Bonchev–Trinajstić information content (AvgIpc) is 2.53. The number of rotatable bonds is 5. The van der Waals surface area contributed by atoms with E-state index in [9.17, 15) is 4.39 Å². The van der Waals surface area contributed by atoms with Crippen LogP contribution >= 0.6 is 0 Å². The summed E-state index contributed by atoms with van der Waals surface area (Å²) in [7, 11) is 0. The average molecular weight is 283 g/mol. The minimum atomic E-state index is -0.162. The minimum absolute atomic E-state index is 0.162. The molecule has 0 heterocycles. The lowest BCUT2D eigenvalue weighted by molar-refractivity contribution is 0.509. The summed E-state index contributed by atoms with van der Waals surface area (Å²) in [6.45, 7) is 1.99. The van der Waals surface area contributed by atoms with Crippen molar-refractivity contribution in [1.82, 2.24) is 5.32 Å². The number of fused-ring (bicyclic) bond motifs is 1. The number of hydrogen-bond donors (Lipinski definition) is 1. The van der Waals surface area contributed by atoms with Gasteiger partial charge in [0.05, 0.1) is 0 Å². The van der Waals surface area contributed by atoms with E-state index in [1.165, 1.54) is 48.1 Å². The zero-order chi connectivity index (χ0) is 14.5. The lowest BCUT2D eigenvalue weighted by Crippen LogP contribution is -2.26. The Bertz CT molecular complexity index is 576. The van der Waals surface area contributed by atoms with Crippen molar-refractivity contribution in [3.8, 4) is 0 Å². The van der Waals surface area contributed by atoms with E-state index >= 15 is 0 Å². The summed E-state index contributed by atoms with van der Waals surface area (Å²) >= 11 is 0. The van der Waals surface area contributed by atoms with E-state index in [2.05, 4.69) is 29.6 Å². The van der Waals surface area contributed by atoms with Crippen LogP contribution in [0, 0.1) is 5.82 Å². The van der Waals surface area contributed by atoms with E-state index in [0.717, 1.165) is 19.5 Å². The minimum Gasteiger partial charge on any atom is -0.316 e. The normalized spacial score (nSPS) is 17.5. The van der Waals surface area contributed by atoms with Crippen molar-refractivity contribution < 1.29 is 4.39 Å². The van der Waals surface area contributed by atoms with Gasteiger partial charge in [0, 0.05) is 6.54 Å². The lowest BCUT2D eigenvalue weighted by atomic mass is 9.83. The fourth-order valence-electron chi connectivity index (χ4n) is 3.23. The fourth-order valence-corrected chi connectivity index (χ4v) is 3.23. The molecule has 1 aliphatic rings. The highest BCUT2D eigenvalue weighted by atomic mass is 19.1. The van der Waals surface area contributed by atoms with Crippen LogP contribution in [-0.2, 0) is 12.8 Å². The Morgan fingerprint density at radius 1 is 1.05 bits per heavy atom. The first-order valence-electron chi connectivity index (χ1n) is 7.86. The highest BCUT2D eigenvalue weighted by Crippen LogP contribution is 2.30. The summed E-state index contributed by atoms with van der Waals surface area (Å²) in [5.74, 6) is 0.480. The van der Waals surface area contributed by atoms with Crippen LogP contribution < -0.4 is 5.32 Å². The molecule has 2 heteroatoms. The summed E-state index contributed by atoms with van der Waals surface area (Å²) in [4.78, 5) is 0. The highest BCUT2D eigenvalue weighted by Gasteiger charge is 2.18. The number of benzene rings is 2. The molecular weight excluding hydrogens is 261 g/mol. The molecule has 0 saturated carbocycles. The zero-order valence-electron chi connectivity index (χ0n) is 12.3. The first-order chi connectivity index (χ1) is 10.3. The highest BCUT2D eigenvalue weighted by molar-refractivity contribution is 5.32. The fraction of sp³-hybridized carbons (Fsp3) is 0.368. The van der Waals surface area contributed by atoms with Gasteiger partial charge in [-0.1, -0.05) is 36.4 Å². The van der Waals surface area contributed by atoms with Gasteiger partial charge in [0.1, 0.15) is 5.82 Å². The van der Waals surface area contributed by atoms with Gasteiger partial charge in [0.25, 0.3) is 0 Å². The van der Waals surface area contributed by atoms with Gasteiger partial charge in [-0.05, 0) is 67.0 Å². The molecule has 0 saturated heterocycles. The van der Waals surface area contributed by atoms with Crippen LogP contribution in [0.1, 0.15) is 35.4 Å². The van der Waals surface area contributed by atoms with Gasteiger partial charge >= 0.3 is 0 Å². The van der Waals surface area contributed by atoms with Gasteiger partial charge in [0.15, 0.2) is 0 Å². The Kier molecular flexibility index (Phi) is 4.66. The molecule has 1 unspecified atom stereocenters. The predicted octanol–water partition coefficient (Wildman–Crippen LogP) is 4.08. The Labute approximate surface area is 126 Å². The van der Waals surface area contributed by atoms with Crippen molar-refractivity contribution in [3.05, 3.63) is 71.0 Å². The van der Waals surface area contributed by atoms with Crippen LogP contribution in [0.4, 0.5) is 4.39 Å². The van der Waals surface area contributed by atoms with Gasteiger partial charge in [-0.3, -0.25) is 0 Å². The van der Waals surface area contributed by atoms with Crippen molar-refractivity contribution >= 4 is 0 Å². The summed E-state index contributed by atoms with van der Waals surface area (Å²) in [6, 6.07) is 15.6. The Morgan fingerprint density at radius 2 is 1.86 bits per heavy atom. The largest absolute Gasteiger partial charge is 0.316 e. The van der Waals surface area contributed by atoms with Crippen molar-refractivity contribution in [1.29, 1.82) is 0 Å². The molecule has 0 bridgehead atoms. The van der Waals surface area contributed by atoms with Crippen molar-refractivity contribution in [2.45, 2.75) is 31.6 Å². The van der Waals surface area contributed by atoms with Crippen LogP contribution in [0.5, 0.6) is 0 Å². The lowest BCUT2D eigenvalue weighted by Gasteiger charge is -2.25. The third-order valence-corrected chi connectivity index (χ3v) is 4.39. The molecule has 1 nitrogen and oxygen atoms in total. The molecule has 21 heavy (non-hydrogen) atoms. The maximum absolute atomic E-state index is 12.8. The van der Waals surface area contributed by atoms with Crippen LogP contribution in [0.2, 0.25) is 0 Å². The molecule has 0 aromatic heterocycles. The maximum Gasteiger partial charge on any atom is 0.123 e. The maximum atomic E-state index is 12.8. The second kappa shape index (κ2) is 6.86. The van der Waals surface area contributed by atoms with Crippen molar-refractivity contribution in [2.75, 3.05) is 13.1 Å². The molecule has 0 aliphatic heterocycles. The third kappa shape index (κ3) is 3.70. The van der Waals surface area contributed by atoms with Gasteiger partial charge in [-0.25, -0.2) is 4.39 Å².